The Kier molecular flexibility index (Phi) is 2.99. The molecule has 0 amide bonds. The smallest absolute Gasteiger partial charge is 0.205 e. The molecule has 0 aliphatic heterocycles. The topological polar surface area (TPSA) is 43.8 Å². The zero-order valence-corrected chi connectivity index (χ0v) is 11.0. The van der Waals surface area contributed by atoms with E-state index in [0.29, 0.717) is 5.95 Å². The first-order valence-corrected chi connectivity index (χ1v) is 6.24. The highest BCUT2D eigenvalue weighted by Gasteiger charge is 2.15. The molecular weight excluding hydrogens is 253 g/mol. The molecule has 0 aliphatic rings. The molecule has 0 unspecified atom stereocenters. The van der Waals surface area contributed by atoms with Crippen molar-refractivity contribution < 1.29 is 4.39 Å². The van der Waals surface area contributed by atoms with Gasteiger partial charge in [-0.3, -0.25) is 4.57 Å². The van der Waals surface area contributed by atoms with Crippen molar-refractivity contribution in [1.29, 1.82) is 0 Å². The lowest BCUT2D eigenvalue weighted by Gasteiger charge is -2.10. The predicted molar refractivity (Wildman–Crippen MR) is 76.9 cm³/mol. The monoisotopic (exact) mass is 266 g/mol. The molecule has 4 heteroatoms. The highest BCUT2D eigenvalue weighted by molar-refractivity contribution is 5.68. The number of imidazole rings is 1. The highest BCUT2D eigenvalue weighted by Crippen LogP contribution is 2.29. The van der Waals surface area contributed by atoms with Gasteiger partial charge < -0.3 is 5.73 Å². The van der Waals surface area contributed by atoms with Crippen LogP contribution in [0.5, 0.6) is 0 Å². The normalized spacial score (nSPS) is 10.7. The highest BCUT2D eigenvalue weighted by atomic mass is 19.1. The van der Waals surface area contributed by atoms with Crippen LogP contribution in [0.1, 0.15) is 5.69 Å². The standard InChI is InChI=1S/C16H13FN3/c1-11-15(12-7-9-13(17)10-8-12)20(16(18)19-11)14-5-3-2-4-6-14/h2-3,5-10H,1H3,(H2,18,19). The SMILES string of the molecule is Cc1nc(N)n(-c2c[c]ccc2)c1-c1ccc(F)cc1. The summed E-state index contributed by atoms with van der Waals surface area (Å²) in [6.45, 7) is 1.89. The van der Waals surface area contributed by atoms with Crippen molar-refractivity contribution in [1.82, 2.24) is 9.55 Å². The third-order valence-electron chi connectivity index (χ3n) is 3.14. The summed E-state index contributed by atoms with van der Waals surface area (Å²) in [6.07, 6.45) is 0. The van der Waals surface area contributed by atoms with Crippen LogP contribution in [0, 0.1) is 18.8 Å². The molecule has 0 aliphatic carbocycles. The summed E-state index contributed by atoms with van der Waals surface area (Å²) < 4.78 is 14.9. The number of hydrogen-bond donors (Lipinski definition) is 1. The molecule has 3 aromatic rings. The average molecular weight is 266 g/mol. The second-order valence-electron chi connectivity index (χ2n) is 4.51. The molecule has 99 valence electrons. The van der Waals surface area contributed by atoms with Gasteiger partial charge >= 0.3 is 0 Å². The lowest BCUT2D eigenvalue weighted by molar-refractivity contribution is 0.628. The van der Waals surface area contributed by atoms with Gasteiger partial charge in [0.2, 0.25) is 5.95 Å². The molecule has 0 bridgehead atoms. The number of halogens is 1. The largest absolute Gasteiger partial charge is 0.369 e. The minimum atomic E-state index is -0.265. The maximum absolute atomic E-state index is 13.1. The van der Waals surface area contributed by atoms with E-state index in [-0.39, 0.29) is 5.82 Å². The van der Waals surface area contributed by atoms with Crippen LogP contribution in [-0.4, -0.2) is 9.55 Å². The maximum atomic E-state index is 13.1. The second-order valence-corrected chi connectivity index (χ2v) is 4.51. The minimum absolute atomic E-state index is 0.265. The van der Waals surface area contributed by atoms with Crippen molar-refractivity contribution in [3.8, 4) is 16.9 Å². The molecule has 0 atom stereocenters. The van der Waals surface area contributed by atoms with Gasteiger partial charge in [0.25, 0.3) is 0 Å². The van der Waals surface area contributed by atoms with Gasteiger partial charge in [-0.05, 0) is 49.4 Å². The van der Waals surface area contributed by atoms with Crippen LogP contribution in [0.3, 0.4) is 0 Å². The van der Waals surface area contributed by atoms with Crippen molar-refractivity contribution in [3.05, 3.63) is 66.1 Å². The van der Waals surface area contributed by atoms with E-state index in [9.17, 15) is 4.39 Å². The van der Waals surface area contributed by atoms with Gasteiger partial charge in [0.15, 0.2) is 0 Å². The van der Waals surface area contributed by atoms with Gasteiger partial charge in [0.1, 0.15) is 5.82 Å². The van der Waals surface area contributed by atoms with Crippen molar-refractivity contribution in [2.45, 2.75) is 6.92 Å². The molecule has 0 saturated heterocycles. The zero-order valence-electron chi connectivity index (χ0n) is 11.0. The molecule has 2 aromatic carbocycles. The van der Waals surface area contributed by atoms with E-state index in [1.165, 1.54) is 12.1 Å². The summed E-state index contributed by atoms with van der Waals surface area (Å²) in [7, 11) is 0. The van der Waals surface area contributed by atoms with Crippen molar-refractivity contribution in [2.75, 3.05) is 5.73 Å². The fourth-order valence-corrected chi connectivity index (χ4v) is 2.28. The van der Waals surface area contributed by atoms with E-state index in [0.717, 1.165) is 22.6 Å². The summed E-state index contributed by atoms with van der Waals surface area (Å²) in [6, 6.07) is 16.8. The first kappa shape index (κ1) is 12.4. The van der Waals surface area contributed by atoms with E-state index >= 15 is 0 Å². The summed E-state index contributed by atoms with van der Waals surface area (Å²) in [5.41, 5.74) is 9.42. The predicted octanol–water partition coefficient (Wildman–Crippen LogP) is 3.37. The number of hydrogen-bond acceptors (Lipinski definition) is 2. The van der Waals surface area contributed by atoms with E-state index < -0.39 is 0 Å². The Morgan fingerprint density at radius 2 is 1.95 bits per heavy atom. The number of aryl methyl sites for hydroxylation is 1. The Morgan fingerprint density at radius 1 is 1.20 bits per heavy atom. The molecule has 1 aromatic heterocycles. The fraction of sp³-hybridized carbons (Fsp3) is 0.0625. The first-order chi connectivity index (χ1) is 9.66. The van der Waals surface area contributed by atoms with E-state index in [2.05, 4.69) is 11.1 Å². The summed E-state index contributed by atoms with van der Waals surface area (Å²) in [5.74, 6) is 0.139. The Morgan fingerprint density at radius 3 is 2.60 bits per heavy atom. The van der Waals surface area contributed by atoms with Gasteiger partial charge in [-0.15, -0.1) is 0 Å². The maximum Gasteiger partial charge on any atom is 0.205 e. The van der Waals surface area contributed by atoms with Gasteiger partial charge in [0, 0.05) is 11.3 Å². The van der Waals surface area contributed by atoms with Crippen molar-refractivity contribution >= 4 is 5.95 Å². The van der Waals surface area contributed by atoms with Crippen LogP contribution in [0.25, 0.3) is 16.9 Å². The Balaban J connectivity index is 2.23. The van der Waals surface area contributed by atoms with Crippen molar-refractivity contribution in [3.63, 3.8) is 0 Å². The fourth-order valence-electron chi connectivity index (χ4n) is 2.28. The summed E-state index contributed by atoms with van der Waals surface area (Å²) in [5, 5.41) is 0. The number of anilines is 1. The van der Waals surface area contributed by atoms with Gasteiger partial charge in [-0.25, -0.2) is 9.37 Å². The van der Waals surface area contributed by atoms with Crippen LogP contribution in [-0.2, 0) is 0 Å². The number of nitrogens with zero attached hydrogens (tertiary/aromatic N) is 2. The Hall–Kier alpha value is -2.62. The van der Waals surface area contributed by atoms with Crippen LogP contribution in [0.15, 0.2) is 48.5 Å². The third kappa shape index (κ3) is 2.05. The Bertz CT molecular complexity index is 730. The van der Waals surface area contributed by atoms with E-state index in [1.807, 2.05) is 35.8 Å². The van der Waals surface area contributed by atoms with Gasteiger partial charge in [-0.1, -0.05) is 12.1 Å². The van der Waals surface area contributed by atoms with Crippen LogP contribution >= 0.6 is 0 Å². The molecular formula is C16H13FN3. The average Bonchev–Trinajstić information content (AvgIpc) is 2.75. The third-order valence-corrected chi connectivity index (χ3v) is 3.14. The number of nitrogens with two attached hydrogens (primary N) is 1. The van der Waals surface area contributed by atoms with Crippen LogP contribution in [0.2, 0.25) is 0 Å². The van der Waals surface area contributed by atoms with E-state index in [4.69, 9.17) is 5.73 Å². The van der Waals surface area contributed by atoms with Crippen LogP contribution in [0.4, 0.5) is 10.3 Å². The molecule has 1 radical (unpaired) electrons. The number of benzene rings is 2. The first-order valence-electron chi connectivity index (χ1n) is 6.24. The molecule has 0 fully saturated rings. The number of rotatable bonds is 2. The molecule has 3 rings (SSSR count). The van der Waals surface area contributed by atoms with Crippen molar-refractivity contribution in [2.24, 2.45) is 0 Å². The minimum Gasteiger partial charge on any atom is -0.369 e. The molecule has 0 spiro atoms. The molecule has 1 heterocycles. The molecule has 20 heavy (non-hydrogen) atoms. The number of aromatic nitrogens is 2. The van der Waals surface area contributed by atoms with Crippen LogP contribution < -0.4 is 5.73 Å². The number of nitrogen functional groups attached to an aromatic ring is 1. The zero-order chi connectivity index (χ0) is 14.1. The lowest BCUT2D eigenvalue weighted by Crippen LogP contribution is -2.02. The van der Waals surface area contributed by atoms with E-state index in [1.54, 1.807) is 12.1 Å². The molecule has 0 saturated carbocycles. The second kappa shape index (κ2) is 4.81. The van der Waals surface area contributed by atoms with Gasteiger partial charge in [-0.2, -0.15) is 0 Å². The Labute approximate surface area is 116 Å². The quantitative estimate of drug-likeness (QED) is 0.772. The lowest BCUT2D eigenvalue weighted by atomic mass is 10.1. The van der Waals surface area contributed by atoms with Gasteiger partial charge in [0.05, 0.1) is 11.4 Å². The molecule has 2 N–H and O–H groups in total. The molecule has 3 nitrogen and oxygen atoms in total. The summed E-state index contributed by atoms with van der Waals surface area (Å²) >= 11 is 0. The summed E-state index contributed by atoms with van der Waals surface area (Å²) in [4.78, 5) is 4.32.